The van der Waals surface area contributed by atoms with E-state index in [2.05, 4.69) is 266 Å². The van der Waals surface area contributed by atoms with Gasteiger partial charge >= 0.3 is 0 Å². The fraction of sp³-hybridized carbons (Fsp3) is 0.0556. The van der Waals surface area contributed by atoms with Crippen LogP contribution < -0.4 is 4.90 Å². The first-order chi connectivity index (χ1) is 36.7. The standard InChI is InChI=1S/C72H47NO/c1-3-22-48(23-4-1)71(49-24-5-2-6-25-49)62-33-14-9-28-54(62)56-40-38-50(44-66(56)71)73(68-37-18-13-30-58(68)59-31-19-32-60-61-42-46-20-7-8-21-47(46)43-69(61)74-70(59)60)51-39-41-57-55-29-12-17-36-65(55)72(67(57)45-51)63-34-15-10-26-52(63)53-27-11-16-35-64(53)72/h1-5,7-24,26-45H,6,25H2. The van der Waals surface area contributed by atoms with Gasteiger partial charge in [0.1, 0.15) is 11.2 Å². The van der Waals surface area contributed by atoms with E-state index in [-0.39, 0.29) is 0 Å². The molecular formula is C72H47NO. The van der Waals surface area contributed by atoms with E-state index < -0.39 is 10.8 Å². The maximum Gasteiger partial charge on any atom is 0.143 e. The van der Waals surface area contributed by atoms with Crippen LogP contribution in [0.4, 0.5) is 17.1 Å². The lowest BCUT2D eigenvalue weighted by atomic mass is 9.65. The molecule has 0 saturated carbocycles. The normalized spacial score (nSPS) is 16.2. The van der Waals surface area contributed by atoms with Crippen molar-refractivity contribution in [3.8, 4) is 44.5 Å². The fourth-order valence-corrected chi connectivity index (χ4v) is 14.1. The second-order valence-corrected chi connectivity index (χ2v) is 20.5. The summed E-state index contributed by atoms with van der Waals surface area (Å²) in [5.41, 5.74) is 24.6. The Morgan fingerprint density at radius 2 is 0.865 bits per heavy atom. The molecule has 1 atom stereocenters. The van der Waals surface area contributed by atoms with Gasteiger partial charge in [0.15, 0.2) is 0 Å². The van der Waals surface area contributed by atoms with Gasteiger partial charge in [0.05, 0.1) is 16.5 Å². The molecule has 1 unspecified atom stereocenters. The monoisotopic (exact) mass is 941 g/mol. The quantitative estimate of drug-likeness (QED) is 0.165. The molecule has 0 saturated heterocycles. The van der Waals surface area contributed by atoms with Crippen LogP contribution in [0.5, 0.6) is 0 Å². The van der Waals surface area contributed by atoms with Gasteiger partial charge < -0.3 is 9.32 Å². The molecule has 346 valence electrons. The third-order valence-corrected chi connectivity index (χ3v) is 17.0. The first kappa shape index (κ1) is 41.4. The van der Waals surface area contributed by atoms with Crippen LogP contribution in [0.1, 0.15) is 51.8 Å². The number of nitrogens with zero attached hydrogens (tertiary/aromatic N) is 1. The Morgan fingerprint density at radius 3 is 1.47 bits per heavy atom. The summed E-state index contributed by atoms with van der Waals surface area (Å²) in [5, 5.41) is 4.60. The molecule has 1 heterocycles. The first-order valence-corrected chi connectivity index (χ1v) is 26.0. The molecule has 0 N–H and O–H groups in total. The van der Waals surface area contributed by atoms with Gasteiger partial charge in [-0.15, -0.1) is 0 Å². The van der Waals surface area contributed by atoms with Gasteiger partial charge in [-0.2, -0.15) is 0 Å². The summed E-state index contributed by atoms with van der Waals surface area (Å²) in [6, 6.07) is 91.0. The SMILES string of the molecule is C1=CCCC(C2(c3ccccc3)c3ccccc3-c3ccc(N(c4ccc5c(c4)C4(c6ccccc6-c6ccccc64)c4ccccc4-5)c4ccccc4-c4cccc5c4oc4cc6ccccc6cc45)cc32)=C1. The topological polar surface area (TPSA) is 16.4 Å². The summed E-state index contributed by atoms with van der Waals surface area (Å²) in [6.07, 6.45) is 8.96. The van der Waals surface area contributed by atoms with Crippen LogP contribution in [0, 0.1) is 0 Å². The van der Waals surface area contributed by atoms with Crippen molar-refractivity contribution >= 4 is 49.8 Å². The highest BCUT2D eigenvalue weighted by Gasteiger charge is 2.52. The van der Waals surface area contributed by atoms with Gasteiger partial charge in [-0.1, -0.05) is 224 Å². The molecule has 12 aromatic rings. The van der Waals surface area contributed by atoms with Crippen molar-refractivity contribution in [2.45, 2.75) is 23.7 Å². The number of allylic oxidation sites excluding steroid dienone is 4. The number of anilines is 3. The van der Waals surface area contributed by atoms with E-state index in [9.17, 15) is 0 Å². The van der Waals surface area contributed by atoms with E-state index in [1.807, 2.05) is 0 Å². The van der Waals surface area contributed by atoms with Crippen LogP contribution in [0.2, 0.25) is 0 Å². The molecule has 0 radical (unpaired) electrons. The number of para-hydroxylation sites is 2. The lowest BCUT2D eigenvalue weighted by molar-refractivity contribution is 0.670. The van der Waals surface area contributed by atoms with Gasteiger partial charge in [-0.3, -0.25) is 0 Å². The molecule has 1 spiro atoms. The Morgan fingerprint density at radius 1 is 0.365 bits per heavy atom. The average molecular weight is 942 g/mol. The van der Waals surface area contributed by atoms with Gasteiger partial charge in [0.25, 0.3) is 0 Å². The van der Waals surface area contributed by atoms with Crippen LogP contribution >= 0.6 is 0 Å². The van der Waals surface area contributed by atoms with E-state index in [1.54, 1.807) is 0 Å². The van der Waals surface area contributed by atoms with Crippen molar-refractivity contribution in [1.82, 2.24) is 0 Å². The summed E-state index contributed by atoms with van der Waals surface area (Å²) in [6.45, 7) is 0. The minimum Gasteiger partial charge on any atom is -0.455 e. The fourth-order valence-electron chi connectivity index (χ4n) is 14.1. The highest BCUT2D eigenvalue weighted by molar-refractivity contribution is 6.14. The van der Waals surface area contributed by atoms with Crippen molar-refractivity contribution in [3.63, 3.8) is 0 Å². The Balaban J connectivity index is 0.989. The van der Waals surface area contributed by atoms with Crippen molar-refractivity contribution in [2.75, 3.05) is 4.90 Å². The highest BCUT2D eigenvalue weighted by atomic mass is 16.3. The molecule has 11 aromatic carbocycles. The largest absolute Gasteiger partial charge is 0.455 e. The van der Waals surface area contributed by atoms with Gasteiger partial charge in [0.2, 0.25) is 0 Å². The molecule has 0 fully saturated rings. The second-order valence-electron chi connectivity index (χ2n) is 20.5. The number of rotatable bonds is 6. The van der Waals surface area contributed by atoms with E-state index in [0.29, 0.717) is 0 Å². The van der Waals surface area contributed by atoms with E-state index >= 15 is 0 Å². The third kappa shape index (κ3) is 5.49. The molecule has 4 aliphatic carbocycles. The smallest absolute Gasteiger partial charge is 0.143 e. The summed E-state index contributed by atoms with van der Waals surface area (Å²) in [7, 11) is 0. The number of benzene rings is 11. The predicted octanol–water partition coefficient (Wildman–Crippen LogP) is 18.8. The Labute approximate surface area is 430 Å². The van der Waals surface area contributed by atoms with E-state index in [4.69, 9.17) is 4.42 Å². The predicted molar refractivity (Wildman–Crippen MR) is 306 cm³/mol. The lowest BCUT2D eigenvalue weighted by Crippen LogP contribution is -2.30. The molecule has 16 rings (SSSR count). The Bertz CT molecular complexity index is 4330. The summed E-state index contributed by atoms with van der Waals surface area (Å²) in [5.74, 6) is 0. The summed E-state index contributed by atoms with van der Waals surface area (Å²) < 4.78 is 7.03. The molecule has 2 heteroatoms. The number of hydrogen-bond acceptors (Lipinski definition) is 2. The van der Waals surface area contributed by atoms with Crippen molar-refractivity contribution in [2.24, 2.45) is 0 Å². The van der Waals surface area contributed by atoms with Crippen molar-refractivity contribution < 1.29 is 4.42 Å². The molecule has 0 amide bonds. The van der Waals surface area contributed by atoms with Gasteiger partial charge in [-0.05, 0) is 138 Å². The molecule has 1 aromatic heterocycles. The first-order valence-electron chi connectivity index (χ1n) is 26.0. The van der Waals surface area contributed by atoms with Crippen LogP contribution in [-0.4, -0.2) is 0 Å². The Kier molecular flexibility index (Phi) is 8.74. The van der Waals surface area contributed by atoms with Gasteiger partial charge in [-0.25, -0.2) is 0 Å². The maximum atomic E-state index is 7.03. The highest BCUT2D eigenvalue weighted by Crippen LogP contribution is 2.64. The minimum absolute atomic E-state index is 0.497. The average Bonchev–Trinajstić information content (AvgIpc) is 4.30. The lowest BCUT2D eigenvalue weighted by Gasteiger charge is -2.37. The molecule has 0 aliphatic heterocycles. The van der Waals surface area contributed by atoms with E-state index in [1.165, 1.54) is 88.7 Å². The zero-order valence-electron chi connectivity index (χ0n) is 40.6. The minimum atomic E-state index is -0.507. The number of fused-ring (bicyclic) bond motifs is 17. The van der Waals surface area contributed by atoms with Crippen LogP contribution in [-0.2, 0) is 10.8 Å². The summed E-state index contributed by atoms with van der Waals surface area (Å²) in [4.78, 5) is 2.54. The van der Waals surface area contributed by atoms with Crippen LogP contribution in [0.15, 0.2) is 271 Å². The van der Waals surface area contributed by atoms with E-state index in [0.717, 1.165) is 63.0 Å². The third-order valence-electron chi connectivity index (χ3n) is 17.0. The molecule has 74 heavy (non-hydrogen) atoms. The maximum absolute atomic E-state index is 7.03. The summed E-state index contributed by atoms with van der Waals surface area (Å²) >= 11 is 0. The zero-order valence-corrected chi connectivity index (χ0v) is 40.6. The molecular weight excluding hydrogens is 895 g/mol. The van der Waals surface area contributed by atoms with Crippen molar-refractivity contribution in [1.29, 1.82) is 0 Å². The molecule has 4 aliphatic rings. The zero-order chi connectivity index (χ0) is 48.5. The van der Waals surface area contributed by atoms with Crippen molar-refractivity contribution in [3.05, 3.63) is 305 Å². The number of hydrogen-bond donors (Lipinski definition) is 0. The van der Waals surface area contributed by atoms with Crippen LogP contribution in [0.3, 0.4) is 0 Å². The number of furan rings is 1. The van der Waals surface area contributed by atoms with Crippen LogP contribution in [0.25, 0.3) is 77.2 Å². The Hall–Kier alpha value is -9.24. The van der Waals surface area contributed by atoms with Gasteiger partial charge in [0, 0.05) is 33.3 Å². The molecule has 0 bridgehead atoms. The molecule has 2 nitrogen and oxygen atoms in total. The second kappa shape index (κ2) is 15.6.